The Morgan fingerprint density at radius 3 is 2.38 bits per heavy atom. The minimum absolute atomic E-state index is 0.307. The minimum Gasteiger partial charge on any atom is -0.399 e. The van der Waals surface area contributed by atoms with Gasteiger partial charge < -0.3 is 9.31 Å². The van der Waals surface area contributed by atoms with Gasteiger partial charge in [-0.1, -0.05) is 18.6 Å². The molecule has 4 rings (SSSR count). The fourth-order valence-corrected chi connectivity index (χ4v) is 3.62. The summed E-state index contributed by atoms with van der Waals surface area (Å²) in [6, 6.07) is 8.73. The van der Waals surface area contributed by atoms with Crippen LogP contribution in [-0.4, -0.2) is 23.3 Å². The number of hydrogen-bond acceptors (Lipinski definition) is 3. The van der Waals surface area contributed by atoms with Gasteiger partial charge in [0.2, 0.25) is 0 Å². The number of benzene rings is 1. The van der Waals surface area contributed by atoms with E-state index in [1.807, 2.05) is 0 Å². The Bertz CT molecular complexity index is 769. The summed E-state index contributed by atoms with van der Waals surface area (Å²) in [6.07, 6.45) is 6.11. The summed E-state index contributed by atoms with van der Waals surface area (Å²) in [5, 5.41) is 1.20. The van der Waals surface area contributed by atoms with Gasteiger partial charge in [-0.15, -0.1) is 0 Å². The first kappa shape index (κ1) is 16.1. The monoisotopic (exact) mass is 323 g/mol. The lowest BCUT2D eigenvalue weighted by Gasteiger charge is -2.32. The SMILES string of the molecule is CC1(C)OB(c2ccc3nc4c(cc3c2)CCCCC4)OC1(C)C. The van der Waals surface area contributed by atoms with E-state index < -0.39 is 0 Å². The van der Waals surface area contributed by atoms with Crippen molar-refractivity contribution >= 4 is 23.5 Å². The molecule has 1 aromatic heterocycles. The number of rotatable bonds is 1. The van der Waals surface area contributed by atoms with E-state index in [0.717, 1.165) is 23.8 Å². The molecule has 0 atom stereocenters. The summed E-state index contributed by atoms with van der Waals surface area (Å²) in [7, 11) is -0.307. The predicted molar refractivity (Wildman–Crippen MR) is 98.7 cm³/mol. The molecule has 0 N–H and O–H groups in total. The molecule has 126 valence electrons. The first-order valence-corrected chi connectivity index (χ1v) is 9.14. The summed E-state index contributed by atoms with van der Waals surface area (Å²) >= 11 is 0. The smallest absolute Gasteiger partial charge is 0.399 e. The molecular weight excluding hydrogens is 297 g/mol. The number of fused-ring (bicyclic) bond motifs is 2. The van der Waals surface area contributed by atoms with Gasteiger partial charge in [-0.05, 0) is 76.5 Å². The number of hydrogen-bond donors (Lipinski definition) is 0. The molecule has 1 aromatic carbocycles. The lowest BCUT2D eigenvalue weighted by atomic mass is 9.78. The van der Waals surface area contributed by atoms with Crippen molar-refractivity contribution in [3.63, 3.8) is 0 Å². The van der Waals surface area contributed by atoms with Crippen LogP contribution in [0.25, 0.3) is 10.9 Å². The number of aryl methyl sites for hydroxylation is 2. The fraction of sp³-hybridized carbons (Fsp3) is 0.550. The molecule has 3 nitrogen and oxygen atoms in total. The van der Waals surface area contributed by atoms with Crippen LogP contribution in [0.2, 0.25) is 0 Å². The van der Waals surface area contributed by atoms with Crippen molar-refractivity contribution in [2.24, 2.45) is 0 Å². The highest BCUT2D eigenvalue weighted by Crippen LogP contribution is 2.36. The zero-order chi connectivity index (χ0) is 16.9. The van der Waals surface area contributed by atoms with Crippen molar-refractivity contribution in [2.75, 3.05) is 0 Å². The highest BCUT2D eigenvalue weighted by molar-refractivity contribution is 6.62. The van der Waals surface area contributed by atoms with Gasteiger partial charge in [0.05, 0.1) is 16.7 Å². The van der Waals surface area contributed by atoms with Crippen LogP contribution in [0.4, 0.5) is 0 Å². The largest absolute Gasteiger partial charge is 0.494 e. The van der Waals surface area contributed by atoms with Gasteiger partial charge in [0.15, 0.2) is 0 Å². The van der Waals surface area contributed by atoms with Gasteiger partial charge in [-0.2, -0.15) is 0 Å². The second kappa shape index (κ2) is 5.57. The summed E-state index contributed by atoms with van der Waals surface area (Å²) < 4.78 is 12.4. The Labute approximate surface area is 144 Å². The van der Waals surface area contributed by atoms with Crippen LogP contribution in [-0.2, 0) is 22.2 Å². The van der Waals surface area contributed by atoms with E-state index in [1.165, 1.54) is 35.9 Å². The molecule has 0 amide bonds. The molecule has 2 aromatic rings. The van der Waals surface area contributed by atoms with Gasteiger partial charge in [0.1, 0.15) is 0 Å². The van der Waals surface area contributed by atoms with Crippen LogP contribution in [0.1, 0.15) is 58.2 Å². The Kier molecular flexibility index (Phi) is 3.74. The van der Waals surface area contributed by atoms with Crippen molar-refractivity contribution < 1.29 is 9.31 Å². The van der Waals surface area contributed by atoms with E-state index in [9.17, 15) is 0 Å². The van der Waals surface area contributed by atoms with Gasteiger partial charge in [-0.25, -0.2) is 0 Å². The Morgan fingerprint density at radius 1 is 0.917 bits per heavy atom. The molecule has 1 fully saturated rings. The van der Waals surface area contributed by atoms with Gasteiger partial charge >= 0.3 is 7.12 Å². The standard InChI is InChI=1S/C20H26BNO2/c1-19(2)20(3,4)24-21(23-19)16-10-11-18-15(13-16)12-14-8-6-5-7-9-17(14)22-18/h10-13H,5-9H2,1-4H3. The molecule has 24 heavy (non-hydrogen) atoms. The van der Waals surface area contributed by atoms with E-state index in [4.69, 9.17) is 14.3 Å². The molecule has 4 heteroatoms. The molecule has 2 heterocycles. The zero-order valence-corrected chi connectivity index (χ0v) is 15.2. The first-order chi connectivity index (χ1) is 11.4. The Hall–Kier alpha value is -1.39. The zero-order valence-electron chi connectivity index (χ0n) is 15.2. The highest BCUT2D eigenvalue weighted by atomic mass is 16.7. The van der Waals surface area contributed by atoms with E-state index in [1.54, 1.807) is 0 Å². The van der Waals surface area contributed by atoms with Gasteiger partial charge in [0, 0.05) is 11.1 Å². The molecule has 0 bridgehead atoms. The quantitative estimate of drug-likeness (QED) is 0.591. The average molecular weight is 323 g/mol. The second-order valence-corrected chi connectivity index (χ2v) is 8.20. The predicted octanol–water partition coefficient (Wildman–Crippen LogP) is 3.80. The van der Waals surface area contributed by atoms with Crippen LogP contribution >= 0.6 is 0 Å². The Balaban J connectivity index is 1.71. The van der Waals surface area contributed by atoms with Crippen molar-refractivity contribution in [1.82, 2.24) is 4.98 Å². The molecule has 1 aliphatic heterocycles. The molecular formula is C20H26BNO2. The minimum atomic E-state index is -0.307. The molecule has 0 spiro atoms. The molecule has 0 radical (unpaired) electrons. The van der Waals surface area contributed by atoms with Crippen molar-refractivity contribution in [2.45, 2.75) is 71.0 Å². The summed E-state index contributed by atoms with van der Waals surface area (Å²) in [4.78, 5) is 4.92. The maximum atomic E-state index is 6.19. The van der Waals surface area contributed by atoms with E-state index in [0.29, 0.717) is 0 Å². The van der Waals surface area contributed by atoms with E-state index in [-0.39, 0.29) is 18.3 Å². The third-order valence-corrected chi connectivity index (χ3v) is 5.89. The number of pyridine rings is 1. The van der Waals surface area contributed by atoms with E-state index >= 15 is 0 Å². The highest BCUT2D eigenvalue weighted by Gasteiger charge is 2.51. The molecule has 1 saturated heterocycles. The molecule has 2 aliphatic rings. The van der Waals surface area contributed by atoms with Crippen molar-refractivity contribution in [3.8, 4) is 0 Å². The average Bonchev–Trinajstić information content (AvgIpc) is 2.68. The third-order valence-electron chi connectivity index (χ3n) is 5.89. The van der Waals surface area contributed by atoms with Crippen LogP contribution in [0.5, 0.6) is 0 Å². The van der Waals surface area contributed by atoms with Crippen molar-refractivity contribution in [1.29, 1.82) is 0 Å². The first-order valence-electron chi connectivity index (χ1n) is 9.14. The van der Waals surface area contributed by atoms with Gasteiger partial charge in [-0.3, -0.25) is 4.98 Å². The summed E-state index contributed by atoms with van der Waals surface area (Å²) in [5.74, 6) is 0. The molecule has 1 aliphatic carbocycles. The Morgan fingerprint density at radius 2 is 1.62 bits per heavy atom. The summed E-state index contributed by atoms with van der Waals surface area (Å²) in [6.45, 7) is 8.37. The van der Waals surface area contributed by atoms with Crippen LogP contribution in [0, 0.1) is 0 Å². The second-order valence-electron chi connectivity index (χ2n) is 8.20. The maximum Gasteiger partial charge on any atom is 0.494 e. The topological polar surface area (TPSA) is 31.4 Å². The lowest BCUT2D eigenvalue weighted by Crippen LogP contribution is -2.41. The summed E-state index contributed by atoms with van der Waals surface area (Å²) in [5.41, 5.74) is 4.26. The molecule has 0 unspecified atom stereocenters. The number of aromatic nitrogens is 1. The third kappa shape index (κ3) is 2.66. The number of nitrogens with zero attached hydrogens (tertiary/aromatic N) is 1. The van der Waals surface area contributed by atoms with Crippen molar-refractivity contribution in [3.05, 3.63) is 35.5 Å². The van der Waals surface area contributed by atoms with Crippen LogP contribution in [0.3, 0.4) is 0 Å². The molecule has 0 saturated carbocycles. The lowest BCUT2D eigenvalue weighted by molar-refractivity contribution is 0.00578. The fourth-order valence-electron chi connectivity index (χ4n) is 3.62. The van der Waals surface area contributed by atoms with Crippen LogP contribution in [0.15, 0.2) is 24.3 Å². The normalized spacial score (nSPS) is 22.4. The van der Waals surface area contributed by atoms with Crippen LogP contribution < -0.4 is 5.46 Å². The van der Waals surface area contributed by atoms with E-state index in [2.05, 4.69) is 52.0 Å². The van der Waals surface area contributed by atoms with Gasteiger partial charge in [0.25, 0.3) is 0 Å². The maximum absolute atomic E-state index is 6.19.